The first kappa shape index (κ1) is 30.9. The molecular weight excluding hydrogens is 507 g/mol. The van der Waals surface area contributed by atoms with Gasteiger partial charge in [-0.1, -0.05) is 23.3 Å². The number of aromatic hydroxyl groups is 2. The number of fused-ring (bicyclic) bond motifs is 2. The van der Waals surface area contributed by atoms with Crippen LogP contribution in [0.1, 0.15) is 61.8 Å². The number of carboxylic acid groups (broad SMARTS) is 2. The number of hydrogen-bond donors (Lipinski definition) is 2. The van der Waals surface area contributed by atoms with Crippen LogP contribution in [0.3, 0.4) is 0 Å². The van der Waals surface area contributed by atoms with E-state index < -0.39 is 11.9 Å². The summed E-state index contributed by atoms with van der Waals surface area (Å²) in [5.41, 5.74) is 3.54. The molecule has 0 aromatic heterocycles. The fourth-order valence-corrected chi connectivity index (χ4v) is 4.52. The molecule has 3 atom stereocenters. The fourth-order valence-electron chi connectivity index (χ4n) is 4.52. The maximum Gasteiger partial charge on any atom is 2.00 e. The summed E-state index contributed by atoms with van der Waals surface area (Å²) >= 11 is 0. The Morgan fingerprint density at radius 1 is 0.944 bits per heavy atom. The molecule has 2 aliphatic rings. The Morgan fingerprint density at radius 2 is 1.42 bits per heavy atom. The minimum atomic E-state index is -1.08. The maximum absolute atomic E-state index is 10.1. The zero-order chi connectivity index (χ0) is 26.2. The Bertz CT molecular complexity index is 1100. The molecule has 36 heavy (non-hydrogen) atoms. The number of phenolic OH excluding ortho intramolecular Hbond substituents is 2. The topological polar surface area (TPSA) is 145 Å². The standard InChI is InChI=1S/C23H26N2O2.2C2H4O2.Co/c1-15-3-5-20(26)18(9-15)13-24-22-11-17-7-8-23(22,12-17)25-14-19-10-16(2)4-6-21(19)27;2*1-2(3)4;/h3-6,9-10,13-14,17,22,26-27H,7-8,11-12H2,1-2H3;2*1H3,(H,3,4);/q;;;+2/p-2. The first-order chi connectivity index (χ1) is 16.4. The first-order valence-electron chi connectivity index (χ1n) is 11.4. The van der Waals surface area contributed by atoms with Crippen molar-refractivity contribution in [2.45, 2.75) is 65.0 Å². The molecule has 195 valence electrons. The molecule has 2 bridgehead atoms. The average molecular weight is 539 g/mol. The molecule has 2 saturated carbocycles. The number of hydrogen-bond acceptors (Lipinski definition) is 8. The SMILES string of the molecule is CC(=O)[O-].CC(=O)[O-].Cc1ccc(O)c(C=NC2CC3CCC2(N=Cc2cc(C)ccc2O)C3)c1.[Co+2]. The zero-order valence-corrected chi connectivity index (χ0v) is 21.9. The third-order valence-electron chi connectivity index (χ3n) is 6.02. The molecule has 2 aromatic carbocycles. The Hall–Kier alpha value is -3.17. The Balaban J connectivity index is 0.000000634. The molecule has 2 fully saturated rings. The van der Waals surface area contributed by atoms with Gasteiger partial charge in [0.2, 0.25) is 0 Å². The number of aliphatic carboxylic acids is 2. The molecule has 0 aliphatic heterocycles. The normalized spacial score (nSPS) is 21.8. The van der Waals surface area contributed by atoms with Gasteiger partial charge in [-0.05, 0) is 83.6 Å². The van der Waals surface area contributed by atoms with E-state index in [-0.39, 0.29) is 39.9 Å². The molecule has 3 unspecified atom stereocenters. The molecule has 0 heterocycles. The average Bonchev–Trinajstić information content (AvgIpc) is 3.33. The monoisotopic (exact) mass is 539 g/mol. The van der Waals surface area contributed by atoms with Crippen molar-refractivity contribution in [1.82, 2.24) is 0 Å². The second-order valence-corrected chi connectivity index (χ2v) is 9.11. The second kappa shape index (κ2) is 13.8. The van der Waals surface area contributed by atoms with Gasteiger partial charge >= 0.3 is 16.8 Å². The van der Waals surface area contributed by atoms with E-state index in [0.29, 0.717) is 5.92 Å². The molecule has 9 heteroatoms. The quantitative estimate of drug-likeness (QED) is 0.569. The summed E-state index contributed by atoms with van der Waals surface area (Å²) in [6, 6.07) is 11.3. The van der Waals surface area contributed by atoms with E-state index in [1.165, 1.54) is 6.42 Å². The van der Waals surface area contributed by atoms with Crippen molar-refractivity contribution in [3.8, 4) is 11.5 Å². The summed E-state index contributed by atoms with van der Waals surface area (Å²) in [6.07, 6.45) is 7.94. The number of aryl methyl sites for hydroxylation is 2. The van der Waals surface area contributed by atoms with Crippen LogP contribution in [0.2, 0.25) is 0 Å². The summed E-state index contributed by atoms with van der Waals surface area (Å²) < 4.78 is 0. The van der Waals surface area contributed by atoms with Crippen LogP contribution >= 0.6 is 0 Å². The minimum absolute atomic E-state index is 0. The van der Waals surface area contributed by atoms with E-state index in [9.17, 15) is 10.2 Å². The van der Waals surface area contributed by atoms with Crippen LogP contribution in [0.5, 0.6) is 11.5 Å². The summed E-state index contributed by atoms with van der Waals surface area (Å²) in [7, 11) is 0. The van der Waals surface area contributed by atoms with Gasteiger partial charge in [0.1, 0.15) is 11.5 Å². The molecule has 8 nitrogen and oxygen atoms in total. The number of rotatable bonds is 4. The van der Waals surface area contributed by atoms with Crippen molar-refractivity contribution in [2.24, 2.45) is 15.9 Å². The Labute approximate surface area is 222 Å². The number of aliphatic imine (C=N–C) groups is 2. The summed E-state index contributed by atoms with van der Waals surface area (Å²) in [6.45, 7) is 5.96. The fraction of sp³-hybridized carbons (Fsp3) is 0.407. The smallest absolute Gasteiger partial charge is 0.550 e. The van der Waals surface area contributed by atoms with Crippen LogP contribution in [0, 0.1) is 19.8 Å². The molecule has 2 aliphatic carbocycles. The van der Waals surface area contributed by atoms with Crippen molar-refractivity contribution in [2.75, 3.05) is 0 Å². The van der Waals surface area contributed by atoms with E-state index in [2.05, 4.69) is 0 Å². The number of carbonyl (C=O) groups excluding carboxylic acids is 2. The molecule has 0 saturated heterocycles. The van der Waals surface area contributed by atoms with Crippen LogP contribution < -0.4 is 10.2 Å². The van der Waals surface area contributed by atoms with Gasteiger partial charge in [0, 0.05) is 35.5 Å². The van der Waals surface area contributed by atoms with Gasteiger partial charge in [-0.15, -0.1) is 0 Å². The van der Waals surface area contributed by atoms with E-state index in [0.717, 1.165) is 55.4 Å². The van der Waals surface area contributed by atoms with Crippen LogP contribution in [0.15, 0.2) is 46.4 Å². The Morgan fingerprint density at radius 3 is 1.89 bits per heavy atom. The van der Waals surface area contributed by atoms with E-state index >= 15 is 0 Å². The molecular formula is C27H32CoN2O6. The van der Waals surface area contributed by atoms with Crippen molar-refractivity contribution < 1.29 is 46.8 Å². The molecule has 0 spiro atoms. The van der Waals surface area contributed by atoms with E-state index in [1.807, 2.05) is 44.3 Å². The maximum atomic E-state index is 10.1. The van der Waals surface area contributed by atoms with Crippen molar-refractivity contribution in [3.05, 3.63) is 58.7 Å². The van der Waals surface area contributed by atoms with Crippen molar-refractivity contribution in [3.63, 3.8) is 0 Å². The number of benzene rings is 2. The van der Waals surface area contributed by atoms with Gasteiger partial charge in [0.25, 0.3) is 0 Å². The largest absolute Gasteiger partial charge is 2.00 e. The third kappa shape index (κ3) is 9.12. The summed E-state index contributed by atoms with van der Waals surface area (Å²) in [5.74, 6) is -0.978. The van der Waals surface area contributed by atoms with Crippen LogP contribution in [0.4, 0.5) is 0 Å². The van der Waals surface area contributed by atoms with Crippen LogP contribution in [0.25, 0.3) is 0 Å². The summed E-state index contributed by atoms with van der Waals surface area (Å²) in [5, 5.41) is 37.9. The van der Waals surface area contributed by atoms with Crippen molar-refractivity contribution >= 4 is 24.4 Å². The molecule has 4 rings (SSSR count). The summed E-state index contributed by atoms with van der Waals surface area (Å²) in [4.78, 5) is 27.6. The molecule has 2 aromatic rings. The first-order valence-corrected chi connectivity index (χ1v) is 11.4. The van der Waals surface area contributed by atoms with Crippen LogP contribution in [-0.4, -0.2) is 46.2 Å². The molecule has 0 amide bonds. The number of nitrogens with zero attached hydrogens (tertiary/aromatic N) is 2. The minimum Gasteiger partial charge on any atom is -0.550 e. The second-order valence-electron chi connectivity index (χ2n) is 9.11. The van der Waals surface area contributed by atoms with Gasteiger partial charge in [0.15, 0.2) is 0 Å². The van der Waals surface area contributed by atoms with Crippen LogP contribution in [-0.2, 0) is 26.4 Å². The molecule has 1 radical (unpaired) electrons. The number of carboxylic acids is 2. The third-order valence-corrected chi connectivity index (χ3v) is 6.02. The van der Waals surface area contributed by atoms with Gasteiger partial charge < -0.3 is 30.0 Å². The van der Waals surface area contributed by atoms with E-state index in [1.54, 1.807) is 18.3 Å². The van der Waals surface area contributed by atoms with Gasteiger partial charge in [-0.25, -0.2) is 0 Å². The van der Waals surface area contributed by atoms with Gasteiger partial charge in [0.05, 0.1) is 11.6 Å². The van der Waals surface area contributed by atoms with Crippen molar-refractivity contribution in [1.29, 1.82) is 0 Å². The number of phenols is 2. The zero-order valence-electron chi connectivity index (χ0n) is 20.9. The molecule has 2 N–H and O–H groups in total. The predicted octanol–water partition coefficient (Wildman–Crippen LogP) is 2.07. The van der Waals surface area contributed by atoms with E-state index in [4.69, 9.17) is 29.8 Å². The Kier molecular flexibility index (Phi) is 11.8. The predicted molar refractivity (Wildman–Crippen MR) is 131 cm³/mol. The number of carbonyl (C=O) groups is 2. The van der Waals surface area contributed by atoms with Gasteiger partial charge in [-0.3, -0.25) is 9.98 Å². The van der Waals surface area contributed by atoms with Gasteiger partial charge in [-0.2, -0.15) is 0 Å².